The second-order valence-electron chi connectivity index (χ2n) is 5.38. The van der Waals surface area contributed by atoms with Crippen molar-refractivity contribution < 1.29 is 23.0 Å². The Kier molecular flexibility index (Phi) is 6.48. The minimum atomic E-state index is -4.20. The van der Waals surface area contributed by atoms with E-state index in [9.17, 15) is 18.3 Å². The van der Waals surface area contributed by atoms with Gasteiger partial charge < -0.3 is 15.2 Å². The Morgan fingerprint density at radius 1 is 1.14 bits per heavy atom. The lowest BCUT2D eigenvalue weighted by molar-refractivity contribution is -0.139. The molecule has 3 nitrogen and oxygen atoms in total. The van der Waals surface area contributed by atoms with Crippen LogP contribution in [-0.2, 0) is 0 Å². The molecule has 0 saturated carbocycles. The lowest BCUT2D eigenvalue weighted by Gasteiger charge is -2.19. The van der Waals surface area contributed by atoms with E-state index in [4.69, 9.17) is 4.74 Å². The van der Waals surface area contributed by atoms with Gasteiger partial charge >= 0.3 is 6.18 Å². The van der Waals surface area contributed by atoms with E-state index in [0.29, 0.717) is 11.3 Å². The lowest BCUT2D eigenvalue weighted by atomic mass is 10.1. The maximum Gasteiger partial charge on any atom is 0.390 e. The first-order valence-electron chi connectivity index (χ1n) is 6.92. The number of benzene rings is 1. The number of aliphatic hydroxyl groups excluding tert-OH is 1. The topological polar surface area (TPSA) is 41.5 Å². The van der Waals surface area contributed by atoms with Crippen LogP contribution in [0.1, 0.15) is 38.9 Å². The highest BCUT2D eigenvalue weighted by Gasteiger charge is 2.29. The summed E-state index contributed by atoms with van der Waals surface area (Å²) >= 11 is 0. The van der Waals surface area contributed by atoms with Gasteiger partial charge in [-0.2, -0.15) is 13.2 Å². The summed E-state index contributed by atoms with van der Waals surface area (Å²) in [4.78, 5) is 0. The third-order valence-corrected chi connectivity index (χ3v) is 2.83. The van der Waals surface area contributed by atoms with Crippen LogP contribution in [0, 0.1) is 0 Å². The van der Waals surface area contributed by atoms with Crippen LogP contribution < -0.4 is 10.1 Å². The molecule has 1 aromatic carbocycles. The summed E-state index contributed by atoms with van der Waals surface area (Å²) in [6.07, 6.45) is -5.91. The van der Waals surface area contributed by atoms with E-state index in [-0.39, 0.29) is 12.6 Å². The highest BCUT2D eigenvalue weighted by molar-refractivity contribution is 5.28. The van der Waals surface area contributed by atoms with Gasteiger partial charge in [0.1, 0.15) is 5.75 Å². The van der Waals surface area contributed by atoms with Crippen molar-refractivity contribution in [2.45, 2.75) is 51.6 Å². The monoisotopic (exact) mass is 305 g/mol. The van der Waals surface area contributed by atoms with Crippen molar-refractivity contribution in [3.8, 4) is 5.75 Å². The fourth-order valence-corrected chi connectivity index (χ4v) is 1.89. The third-order valence-electron chi connectivity index (χ3n) is 2.83. The second kappa shape index (κ2) is 7.66. The van der Waals surface area contributed by atoms with Crippen LogP contribution >= 0.6 is 0 Å². The zero-order valence-corrected chi connectivity index (χ0v) is 12.4. The van der Waals surface area contributed by atoms with E-state index in [2.05, 4.69) is 5.32 Å². The van der Waals surface area contributed by atoms with Gasteiger partial charge in [-0.15, -0.1) is 0 Å². The normalized spacial score (nSPS) is 15.0. The Morgan fingerprint density at radius 3 is 2.19 bits per heavy atom. The van der Waals surface area contributed by atoms with E-state index < -0.39 is 24.7 Å². The molecule has 0 saturated heterocycles. The van der Waals surface area contributed by atoms with Crippen LogP contribution in [0.5, 0.6) is 5.75 Å². The van der Waals surface area contributed by atoms with Gasteiger partial charge in [-0.05, 0) is 38.5 Å². The van der Waals surface area contributed by atoms with Gasteiger partial charge in [-0.1, -0.05) is 12.1 Å². The fourth-order valence-electron chi connectivity index (χ4n) is 1.89. The summed E-state index contributed by atoms with van der Waals surface area (Å²) in [5.74, 6) is 0.694. The summed E-state index contributed by atoms with van der Waals surface area (Å²) in [6, 6.07) is 6.15. The van der Waals surface area contributed by atoms with Gasteiger partial charge in [0.15, 0.2) is 0 Å². The number of nitrogens with one attached hydrogen (secondary N) is 1. The van der Waals surface area contributed by atoms with Gasteiger partial charge in [0.25, 0.3) is 0 Å². The minimum Gasteiger partial charge on any atom is -0.491 e. The maximum atomic E-state index is 12.2. The van der Waals surface area contributed by atoms with Crippen LogP contribution in [-0.4, -0.2) is 30.0 Å². The Balaban J connectivity index is 2.46. The SMILES string of the molecule is CC(CC(F)(F)F)NCC(O)c1ccc(OC(C)C)cc1. The van der Waals surface area contributed by atoms with Crippen LogP contribution in [0.25, 0.3) is 0 Å². The number of ether oxygens (including phenoxy) is 1. The summed E-state index contributed by atoms with van der Waals surface area (Å²) in [5.41, 5.74) is 0.637. The van der Waals surface area contributed by atoms with Crippen LogP contribution in [0.3, 0.4) is 0 Å². The van der Waals surface area contributed by atoms with Crippen LogP contribution in [0.15, 0.2) is 24.3 Å². The largest absolute Gasteiger partial charge is 0.491 e. The molecule has 0 aliphatic carbocycles. The lowest BCUT2D eigenvalue weighted by Crippen LogP contribution is -2.34. The Hall–Kier alpha value is -1.27. The Labute approximate surface area is 123 Å². The molecule has 2 atom stereocenters. The Bertz CT molecular complexity index is 418. The molecule has 2 N–H and O–H groups in total. The molecule has 1 rings (SSSR count). The van der Waals surface area contributed by atoms with E-state index in [1.807, 2.05) is 13.8 Å². The molecule has 0 amide bonds. The van der Waals surface area contributed by atoms with Gasteiger partial charge in [0.05, 0.1) is 18.6 Å². The molecular formula is C15H22F3NO2. The van der Waals surface area contributed by atoms with Crippen molar-refractivity contribution in [1.29, 1.82) is 0 Å². The second-order valence-corrected chi connectivity index (χ2v) is 5.38. The molecule has 120 valence electrons. The molecule has 0 heterocycles. The predicted molar refractivity (Wildman–Crippen MR) is 75.3 cm³/mol. The zero-order valence-electron chi connectivity index (χ0n) is 12.4. The van der Waals surface area contributed by atoms with Gasteiger partial charge in [-0.3, -0.25) is 0 Å². The van der Waals surface area contributed by atoms with Crippen molar-refractivity contribution in [3.05, 3.63) is 29.8 Å². The summed E-state index contributed by atoms with van der Waals surface area (Å²) in [5, 5.41) is 12.6. The summed E-state index contributed by atoms with van der Waals surface area (Å²) in [6.45, 7) is 5.34. The minimum absolute atomic E-state index is 0.0608. The molecule has 0 fully saturated rings. The summed E-state index contributed by atoms with van der Waals surface area (Å²) < 4.78 is 42.0. The molecule has 0 aliphatic rings. The number of hydrogen-bond acceptors (Lipinski definition) is 3. The van der Waals surface area contributed by atoms with E-state index in [1.54, 1.807) is 24.3 Å². The van der Waals surface area contributed by atoms with Crippen molar-refractivity contribution in [2.75, 3.05) is 6.54 Å². The summed E-state index contributed by atoms with van der Waals surface area (Å²) in [7, 11) is 0. The first kappa shape index (κ1) is 17.8. The molecule has 1 aromatic rings. The van der Waals surface area contributed by atoms with E-state index in [1.165, 1.54) is 6.92 Å². The number of rotatable bonds is 7. The molecule has 2 unspecified atom stereocenters. The standard InChI is InChI=1S/C15H22F3NO2/c1-10(2)21-13-6-4-12(5-7-13)14(20)9-19-11(3)8-15(16,17)18/h4-7,10-11,14,19-20H,8-9H2,1-3H3. The maximum absolute atomic E-state index is 12.2. The quantitative estimate of drug-likeness (QED) is 0.811. The molecule has 0 radical (unpaired) electrons. The highest BCUT2D eigenvalue weighted by Crippen LogP contribution is 2.22. The number of hydrogen-bond donors (Lipinski definition) is 2. The average Bonchev–Trinajstić information content (AvgIpc) is 2.34. The average molecular weight is 305 g/mol. The highest BCUT2D eigenvalue weighted by atomic mass is 19.4. The van der Waals surface area contributed by atoms with Crippen molar-refractivity contribution in [1.82, 2.24) is 5.32 Å². The van der Waals surface area contributed by atoms with Crippen molar-refractivity contribution in [2.24, 2.45) is 0 Å². The molecule has 6 heteroatoms. The molecule has 0 bridgehead atoms. The smallest absolute Gasteiger partial charge is 0.390 e. The number of alkyl halides is 3. The fraction of sp³-hybridized carbons (Fsp3) is 0.600. The predicted octanol–water partition coefficient (Wildman–Crippen LogP) is 3.44. The first-order valence-corrected chi connectivity index (χ1v) is 6.92. The number of halogens is 3. The molecule has 0 aromatic heterocycles. The Morgan fingerprint density at radius 2 is 1.71 bits per heavy atom. The van der Waals surface area contributed by atoms with Gasteiger partial charge in [-0.25, -0.2) is 0 Å². The van der Waals surface area contributed by atoms with E-state index in [0.717, 1.165) is 0 Å². The number of aliphatic hydroxyl groups is 1. The van der Waals surface area contributed by atoms with E-state index >= 15 is 0 Å². The first-order chi connectivity index (χ1) is 9.67. The van der Waals surface area contributed by atoms with Gasteiger partial charge in [0, 0.05) is 12.6 Å². The van der Waals surface area contributed by atoms with Crippen molar-refractivity contribution >= 4 is 0 Å². The molecule has 0 spiro atoms. The van der Waals surface area contributed by atoms with Crippen LogP contribution in [0.4, 0.5) is 13.2 Å². The van der Waals surface area contributed by atoms with Crippen molar-refractivity contribution in [3.63, 3.8) is 0 Å². The molecule has 21 heavy (non-hydrogen) atoms. The molecular weight excluding hydrogens is 283 g/mol. The van der Waals surface area contributed by atoms with Gasteiger partial charge in [0.2, 0.25) is 0 Å². The molecule has 0 aliphatic heterocycles. The third kappa shape index (κ3) is 7.34. The van der Waals surface area contributed by atoms with Crippen LogP contribution in [0.2, 0.25) is 0 Å². The zero-order chi connectivity index (χ0) is 16.0.